The fourth-order valence-electron chi connectivity index (χ4n) is 7.27. The Bertz CT molecular complexity index is 2250. The number of benzene rings is 6. The van der Waals surface area contributed by atoms with Crippen molar-refractivity contribution in [3.8, 4) is 34.7 Å². The van der Waals surface area contributed by atoms with Gasteiger partial charge in [-0.15, -0.1) is 0 Å². The Hall–Kier alpha value is -7.02. The van der Waals surface area contributed by atoms with E-state index in [-0.39, 0.29) is 11.4 Å². The molecule has 0 unspecified atom stereocenters. The first-order valence-corrected chi connectivity index (χ1v) is 16.5. The summed E-state index contributed by atoms with van der Waals surface area (Å²) in [4.78, 5) is 14.0. The lowest BCUT2D eigenvalue weighted by molar-refractivity contribution is 1.09. The number of aromatic nitrogens is 2. The minimum Gasteiger partial charge on any atom is -0.310 e. The van der Waals surface area contributed by atoms with E-state index < -0.39 is 0 Å². The minimum atomic E-state index is 0.170. The average molecular weight is 641 g/mol. The molecule has 6 heteroatoms. The second-order valence-electron chi connectivity index (χ2n) is 12.5. The van der Waals surface area contributed by atoms with E-state index in [2.05, 4.69) is 119 Å². The number of rotatable bonds is 4. The first-order valence-electron chi connectivity index (χ1n) is 16.5. The van der Waals surface area contributed by atoms with Crippen molar-refractivity contribution in [1.29, 1.82) is 10.5 Å². The maximum absolute atomic E-state index is 10.2. The van der Waals surface area contributed by atoms with Crippen LogP contribution in [0.1, 0.15) is 33.6 Å². The molecular weight excluding hydrogens is 613 g/mol. The predicted molar refractivity (Wildman–Crippen MR) is 197 cm³/mol. The van der Waals surface area contributed by atoms with Crippen LogP contribution >= 0.6 is 0 Å². The van der Waals surface area contributed by atoms with E-state index in [0.717, 1.165) is 58.1 Å². The Labute approximate surface area is 290 Å². The molecule has 0 bridgehead atoms. The van der Waals surface area contributed by atoms with Crippen LogP contribution in [0.3, 0.4) is 0 Å². The predicted octanol–water partition coefficient (Wildman–Crippen LogP) is 10.3. The van der Waals surface area contributed by atoms with E-state index in [0.29, 0.717) is 11.4 Å². The number of para-hydroxylation sites is 4. The van der Waals surface area contributed by atoms with Gasteiger partial charge in [-0.25, -0.2) is 9.97 Å². The van der Waals surface area contributed by atoms with Crippen molar-refractivity contribution in [2.45, 2.75) is 12.8 Å². The van der Waals surface area contributed by atoms with Gasteiger partial charge in [0.2, 0.25) is 0 Å². The van der Waals surface area contributed by atoms with Gasteiger partial charge < -0.3 is 9.80 Å². The average Bonchev–Trinajstić information content (AvgIpc) is 3.18. The molecule has 9 rings (SSSR count). The van der Waals surface area contributed by atoms with E-state index in [1.807, 2.05) is 48.5 Å². The molecule has 0 N–H and O–H groups in total. The molecule has 6 aromatic carbocycles. The van der Waals surface area contributed by atoms with Gasteiger partial charge in [0.25, 0.3) is 0 Å². The van der Waals surface area contributed by atoms with E-state index >= 15 is 0 Å². The third-order valence-electron chi connectivity index (χ3n) is 9.60. The van der Waals surface area contributed by atoms with Gasteiger partial charge in [0.15, 0.2) is 11.4 Å². The molecule has 0 atom stereocenters. The summed E-state index contributed by atoms with van der Waals surface area (Å²) in [6.45, 7) is 0. The lowest BCUT2D eigenvalue weighted by atomic mass is 9.95. The summed E-state index contributed by atoms with van der Waals surface area (Å²) in [5.41, 5.74) is 14.2. The van der Waals surface area contributed by atoms with Crippen LogP contribution < -0.4 is 9.80 Å². The molecular formula is C44H28N6. The zero-order chi connectivity index (χ0) is 33.6. The Morgan fingerprint density at radius 3 is 1.00 bits per heavy atom. The van der Waals surface area contributed by atoms with Crippen LogP contribution in [0.4, 0.5) is 34.1 Å². The quantitative estimate of drug-likeness (QED) is 0.190. The van der Waals surface area contributed by atoms with Crippen molar-refractivity contribution < 1.29 is 0 Å². The summed E-state index contributed by atoms with van der Waals surface area (Å²) in [5, 5.41) is 20.5. The van der Waals surface area contributed by atoms with Crippen molar-refractivity contribution in [2.24, 2.45) is 0 Å². The van der Waals surface area contributed by atoms with Crippen molar-refractivity contribution >= 4 is 34.1 Å². The zero-order valence-electron chi connectivity index (χ0n) is 27.0. The molecule has 234 valence electrons. The second kappa shape index (κ2) is 11.9. The van der Waals surface area contributed by atoms with Crippen LogP contribution in [0.5, 0.6) is 0 Å². The van der Waals surface area contributed by atoms with Crippen molar-refractivity contribution in [3.05, 3.63) is 179 Å². The van der Waals surface area contributed by atoms with Gasteiger partial charge in [0, 0.05) is 58.1 Å². The monoisotopic (exact) mass is 640 g/mol. The molecule has 0 amide bonds. The summed E-state index contributed by atoms with van der Waals surface area (Å²) in [6.07, 6.45) is 1.77. The molecule has 6 nitrogen and oxygen atoms in total. The lowest BCUT2D eigenvalue weighted by Gasteiger charge is -2.33. The van der Waals surface area contributed by atoms with Crippen molar-refractivity contribution in [2.75, 3.05) is 9.80 Å². The summed E-state index contributed by atoms with van der Waals surface area (Å²) in [6, 6.07) is 54.2. The molecule has 2 aliphatic rings. The maximum Gasteiger partial charge on any atom is 0.167 e. The standard InChI is InChI=1S/C44H28N6/c45-27-37-43(29-17-21-35(22-18-29)49-39-13-5-1-9-31(39)25-32-10-2-6-14-40(32)49)47-38(28-46)44(48-37)30-19-23-36(24-20-30)50-41-15-7-3-11-33(41)26-34-12-4-8-16-42(34)50/h1-24H,25-26H2. The fourth-order valence-corrected chi connectivity index (χ4v) is 7.27. The fraction of sp³-hybridized carbons (Fsp3) is 0.0455. The van der Waals surface area contributed by atoms with Gasteiger partial charge in [-0.3, -0.25) is 0 Å². The normalized spacial score (nSPS) is 12.5. The second-order valence-corrected chi connectivity index (χ2v) is 12.5. The first kappa shape index (κ1) is 29.1. The van der Waals surface area contributed by atoms with Crippen molar-refractivity contribution in [1.82, 2.24) is 9.97 Å². The van der Waals surface area contributed by atoms with Crippen LogP contribution in [-0.4, -0.2) is 9.97 Å². The van der Waals surface area contributed by atoms with Crippen LogP contribution in [0.15, 0.2) is 146 Å². The third-order valence-corrected chi connectivity index (χ3v) is 9.60. The Morgan fingerprint density at radius 1 is 0.400 bits per heavy atom. The maximum atomic E-state index is 10.2. The Morgan fingerprint density at radius 2 is 0.700 bits per heavy atom. The molecule has 2 aliphatic heterocycles. The SMILES string of the molecule is N#Cc1nc(-c2ccc(N3c4ccccc4Cc4ccccc43)cc2)c(C#N)nc1-c1ccc(N2c3ccccc3Cc3ccccc32)cc1. The van der Waals surface area contributed by atoms with E-state index in [4.69, 9.17) is 9.97 Å². The number of fused-ring (bicyclic) bond motifs is 4. The topological polar surface area (TPSA) is 79.8 Å². The van der Waals surface area contributed by atoms with Crippen LogP contribution in [0.2, 0.25) is 0 Å². The Kier molecular flexibility index (Phi) is 6.93. The van der Waals surface area contributed by atoms with Crippen LogP contribution in [0.25, 0.3) is 22.5 Å². The summed E-state index contributed by atoms with van der Waals surface area (Å²) < 4.78 is 0. The van der Waals surface area contributed by atoms with Crippen molar-refractivity contribution in [3.63, 3.8) is 0 Å². The molecule has 0 saturated heterocycles. The smallest absolute Gasteiger partial charge is 0.167 e. The highest BCUT2D eigenvalue weighted by Crippen LogP contribution is 2.45. The number of nitrogens with zero attached hydrogens (tertiary/aromatic N) is 6. The molecule has 7 aromatic rings. The minimum absolute atomic E-state index is 0.170. The highest BCUT2D eigenvalue weighted by atomic mass is 15.2. The number of anilines is 6. The highest BCUT2D eigenvalue weighted by Gasteiger charge is 2.26. The molecule has 0 spiro atoms. The number of hydrogen-bond donors (Lipinski definition) is 0. The number of nitriles is 2. The van der Waals surface area contributed by atoms with E-state index in [1.165, 1.54) is 22.3 Å². The summed E-state index contributed by atoms with van der Waals surface area (Å²) in [7, 11) is 0. The van der Waals surface area contributed by atoms with Crippen LogP contribution in [0, 0.1) is 22.7 Å². The molecule has 1 aromatic heterocycles. The summed E-state index contributed by atoms with van der Waals surface area (Å²) in [5.74, 6) is 0. The third kappa shape index (κ3) is 4.79. The number of hydrogen-bond acceptors (Lipinski definition) is 6. The Balaban J connectivity index is 1.06. The highest BCUT2D eigenvalue weighted by molar-refractivity contribution is 5.86. The van der Waals surface area contributed by atoms with Gasteiger partial charge in [-0.05, 0) is 70.8 Å². The summed E-state index contributed by atoms with van der Waals surface area (Å²) >= 11 is 0. The van der Waals surface area contributed by atoms with Gasteiger partial charge >= 0.3 is 0 Å². The van der Waals surface area contributed by atoms with Crippen LogP contribution in [-0.2, 0) is 12.8 Å². The van der Waals surface area contributed by atoms with E-state index in [9.17, 15) is 10.5 Å². The first-order chi connectivity index (χ1) is 24.7. The molecule has 3 heterocycles. The van der Waals surface area contributed by atoms with Gasteiger partial charge in [-0.2, -0.15) is 10.5 Å². The molecule has 50 heavy (non-hydrogen) atoms. The van der Waals surface area contributed by atoms with E-state index in [1.54, 1.807) is 0 Å². The van der Waals surface area contributed by atoms with Gasteiger partial charge in [0.05, 0.1) is 0 Å². The molecule has 0 saturated carbocycles. The zero-order valence-corrected chi connectivity index (χ0v) is 27.0. The largest absolute Gasteiger partial charge is 0.310 e. The molecule has 0 aliphatic carbocycles. The molecule has 0 radical (unpaired) electrons. The molecule has 0 fully saturated rings. The van der Waals surface area contributed by atoms with Gasteiger partial charge in [0.1, 0.15) is 23.5 Å². The van der Waals surface area contributed by atoms with Gasteiger partial charge in [-0.1, -0.05) is 97.1 Å². The lowest BCUT2D eigenvalue weighted by Crippen LogP contribution is -2.18.